The number of carboxylic acids is 1. The first-order valence-corrected chi connectivity index (χ1v) is 7.78. The van der Waals surface area contributed by atoms with Gasteiger partial charge in [0, 0.05) is 7.05 Å². The summed E-state index contributed by atoms with van der Waals surface area (Å²) in [5.41, 5.74) is 0.106. The van der Waals surface area contributed by atoms with Gasteiger partial charge < -0.3 is 15.2 Å². The van der Waals surface area contributed by atoms with Gasteiger partial charge in [-0.15, -0.1) is 0 Å². The van der Waals surface area contributed by atoms with Crippen molar-refractivity contribution in [3.8, 4) is 5.75 Å². The quantitative estimate of drug-likeness (QED) is 0.872. The van der Waals surface area contributed by atoms with Crippen molar-refractivity contribution in [2.75, 3.05) is 14.2 Å². The molecule has 7 heteroatoms. The van der Waals surface area contributed by atoms with Crippen molar-refractivity contribution < 1.29 is 23.6 Å². The number of benzene rings is 2. The highest BCUT2D eigenvalue weighted by molar-refractivity contribution is 7.85. The minimum absolute atomic E-state index is 0.106. The van der Waals surface area contributed by atoms with Gasteiger partial charge in [-0.1, -0.05) is 12.1 Å². The van der Waals surface area contributed by atoms with Crippen LogP contribution in [0.25, 0.3) is 0 Å². The number of amides is 1. The standard InChI is InChI=1S/C16H15NO5S/c1-17-15(18)11-5-3-4-6-13(11)23(21)14-8-7-10(22-2)9-12(14)16(19)20/h3-9H,1-2H3,(H,17,18)(H,19,20). The van der Waals surface area contributed by atoms with Crippen molar-refractivity contribution in [3.05, 3.63) is 53.6 Å². The molecule has 0 aliphatic carbocycles. The van der Waals surface area contributed by atoms with Gasteiger partial charge in [-0.05, 0) is 30.3 Å². The van der Waals surface area contributed by atoms with E-state index in [1.54, 1.807) is 12.1 Å². The molecule has 6 nitrogen and oxygen atoms in total. The van der Waals surface area contributed by atoms with E-state index in [0.29, 0.717) is 5.75 Å². The first-order chi connectivity index (χ1) is 11.0. The van der Waals surface area contributed by atoms with E-state index in [0.717, 1.165) is 0 Å². The number of ether oxygens (including phenoxy) is 1. The van der Waals surface area contributed by atoms with Crippen LogP contribution in [0.4, 0.5) is 0 Å². The second kappa shape index (κ2) is 7.06. The smallest absolute Gasteiger partial charge is 0.337 e. The molecular formula is C16H15NO5S. The topological polar surface area (TPSA) is 92.7 Å². The Labute approximate surface area is 135 Å². The lowest BCUT2D eigenvalue weighted by molar-refractivity contribution is 0.0692. The number of rotatable bonds is 5. The van der Waals surface area contributed by atoms with E-state index in [-0.39, 0.29) is 26.8 Å². The van der Waals surface area contributed by atoms with Gasteiger partial charge in [-0.2, -0.15) is 0 Å². The molecule has 0 heterocycles. The third kappa shape index (κ3) is 3.40. The van der Waals surface area contributed by atoms with E-state index in [9.17, 15) is 18.9 Å². The summed E-state index contributed by atoms with van der Waals surface area (Å²) in [7, 11) is 1.07. The van der Waals surface area contributed by atoms with Crippen molar-refractivity contribution in [1.82, 2.24) is 5.32 Å². The number of carbonyl (C=O) groups is 2. The summed E-state index contributed by atoms with van der Waals surface area (Å²) in [6.07, 6.45) is 0. The molecule has 0 spiro atoms. The highest BCUT2D eigenvalue weighted by Gasteiger charge is 2.21. The lowest BCUT2D eigenvalue weighted by Crippen LogP contribution is -2.20. The van der Waals surface area contributed by atoms with Crippen molar-refractivity contribution in [2.24, 2.45) is 0 Å². The van der Waals surface area contributed by atoms with E-state index >= 15 is 0 Å². The average molecular weight is 333 g/mol. The zero-order chi connectivity index (χ0) is 17.0. The number of carboxylic acid groups (broad SMARTS) is 1. The van der Waals surface area contributed by atoms with Crippen LogP contribution in [0.3, 0.4) is 0 Å². The highest BCUT2D eigenvalue weighted by Crippen LogP contribution is 2.26. The van der Waals surface area contributed by atoms with Crippen molar-refractivity contribution >= 4 is 22.7 Å². The molecule has 0 aliphatic rings. The van der Waals surface area contributed by atoms with E-state index in [2.05, 4.69) is 5.32 Å². The fourth-order valence-corrected chi connectivity index (χ4v) is 3.37. The van der Waals surface area contributed by atoms with Crippen LogP contribution < -0.4 is 10.1 Å². The molecule has 0 aromatic heterocycles. The van der Waals surface area contributed by atoms with Crippen molar-refractivity contribution in [3.63, 3.8) is 0 Å². The lowest BCUT2D eigenvalue weighted by Gasteiger charge is -2.11. The molecule has 1 amide bonds. The molecule has 0 saturated heterocycles. The largest absolute Gasteiger partial charge is 0.497 e. The number of nitrogens with one attached hydrogen (secondary N) is 1. The Kier molecular flexibility index (Phi) is 5.13. The molecule has 1 unspecified atom stereocenters. The van der Waals surface area contributed by atoms with Crippen LogP contribution >= 0.6 is 0 Å². The highest BCUT2D eigenvalue weighted by atomic mass is 32.2. The van der Waals surface area contributed by atoms with E-state index in [1.165, 1.54) is 44.5 Å². The molecule has 0 fully saturated rings. The average Bonchev–Trinajstić information content (AvgIpc) is 2.59. The first-order valence-electron chi connectivity index (χ1n) is 6.63. The van der Waals surface area contributed by atoms with Gasteiger partial charge in [-0.25, -0.2) is 9.00 Å². The second-order valence-corrected chi connectivity index (χ2v) is 5.93. The molecule has 2 N–H and O–H groups in total. The van der Waals surface area contributed by atoms with Crippen molar-refractivity contribution in [2.45, 2.75) is 9.79 Å². The summed E-state index contributed by atoms with van der Waals surface area (Å²) in [5.74, 6) is -1.26. The Bertz CT molecular complexity index is 788. The summed E-state index contributed by atoms with van der Waals surface area (Å²) in [6.45, 7) is 0. The Morgan fingerprint density at radius 1 is 1.09 bits per heavy atom. The maximum Gasteiger partial charge on any atom is 0.337 e. The van der Waals surface area contributed by atoms with Gasteiger partial charge in [0.05, 0.1) is 38.8 Å². The Morgan fingerprint density at radius 3 is 2.35 bits per heavy atom. The summed E-state index contributed by atoms with van der Waals surface area (Å²) in [4.78, 5) is 23.7. The maximum atomic E-state index is 12.8. The Hall–Kier alpha value is -2.67. The molecule has 0 saturated carbocycles. The Morgan fingerprint density at radius 2 is 1.74 bits per heavy atom. The zero-order valence-electron chi connectivity index (χ0n) is 12.5. The van der Waals surface area contributed by atoms with Gasteiger partial charge in [0.25, 0.3) is 5.91 Å². The van der Waals surface area contributed by atoms with Gasteiger partial charge in [0.1, 0.15) is 5.75 Å². The lowest BCUT2D eigenvalue weighted by atomic mass is 10.2. The Balaban J connectivity index is 2.58. The number of aromatic carboxylic acids is 1. The molecule has 0 bridgehead atoms. The molecule has 1 atom stereocenters. The van der Waals surface area contributed by atoms with Crippen LogP contribution in [0.5, 0.6) is 5.75 Å². The van der Waals surface area contributed by atoms with Gasteiger partial charge in [0.2, 0.25) is 0 Å². The van der Waals surface area contributed by atoms with Crippen LogP contribution in [0.15, 0.2) is 52.3 Å². The summed E-state index contributed by atoms with van der Waals surface area (Å²) in [6, 6.07) is 10.6. The predicted molar refractivity (Wildman–Crippen MR) is 84.5 cm³/mol. The summed E-state index contributed by atoms with van der Waals surface area (Å²) < 4.78 is 17.8. The number of carbonyl (C=O) groups excluding carboxylic acids is 1. The van der Waals surface area contributed by atoms with Crippen LogP contribution in [-0.4, -0.2) is 35.3 Å². The SMILES string of the molecule is CNC(=O)c1ccccc1S(=O)c1ccc(OC)cc1C(=O)O. The third-order valence-electron chi connectivity index (χ3n) is 3.18. The molecule has 0 aliphatic heterocycles. The predicted octanol–water partition coefficient (Wildman–Crippen LogP) is 1.92. The molecule has 120 valence electrons. The number of methoxy groups -OCH3 is 1. The zero-order valence-corrected chi connectivity index (χ0v) is 13.3. The molecule has 23 heavy (non-hydrogen) atoms. The van der Waals surface area contributed by atoms with Crippen LogP contribution in [0.2, 0.25) is 0 Å². The third-order valence-corrected chi connectivity index (χ3v) is 4.69. The minimum atomic E-state index is -1.82. The molecule has 0 radical (unpaired) electrons. The number of hydrogen-bond donors (Lipinski definition) is 2. The monoisotopic (exact) mass is 333 g/mol. The fourth-order valence-electron chi connectivity index (χ4n) is 2.03. The normalized spacial score (nSPS) is 11.6. The first kappa shape index (κ1) is 16.7. The van der Waals surface area contributed by atoms with Crippen molar-refractivity contribution in [1.29, 1.82) is 0 Å². The summed E-state index contributed by atoms with van der Waals surface area (Å²) in [5, 5.41) is 11.8. The molecule has 2 aromatic rings. The van der Waals surface area contributed by atoms with E-state index in [1.807, 2.05) is 0 Å². The van der Waals surface area contributed by atoms with Crippen LogP contribution in [0, 0.1) is 0 Å². The minimum Gasteiger partial charge on any atom is -0.497 e. The fraction of sp³-hybridized carbons (Fsp3) is 0.125. The molecule has 2 rings (SSSR count). The van der Waals surface area contributed by atoms with Gasteiger partial charge in [0.15, 0.2) is 0 Å². The second-order valence-electron chi connectivity index (χ2n) is 4.51. The van der Waals surface area contributed by atoms with E-state index < -0.39 is 16.8 Å². The molecule has 2 aromatic carbocycles. The van der Waals surface area contributed by atoms with Crippen LogP contribution in [-0.2, 0) is 10.8 Å². The van der Waals surface area contributed by atoms with Crippen LogP contribution in [0.1, 0.15) is 20.7 Å². The van der Waals surface area contributed by atoms with Gasteiger partial charge >= 0.3 is 5.97 Å². The number of hydrogen-bond acceptors (Lipinski definition) is 4. The van der Waals surface area contributed by atoms with Gasteiger partial charge in [-0.3, -0.25) is 4.79 Å². The molecular weight excluding hydrogens is 318 g/mol. The maximum absolute atomic E-state index is 12.8. The summed E-state index contributed by atoms with van der Waals surface area (Å²) >= 11 is 0. The van der Waals surface area contributed by atoms with E-state index in [4.69, 9.17) is 4.74 Å².